The number of hydrogen-bond donors (Lipinski definition) is 1. The maximum atomic E-state index is 12.5. The van der Waals surface area contributed by atoms with Crippen molar-refractivity contribution in [1.82, 2.24) is 4.72 Å². The van der Waals surface area contributed by atoms with Gasteiger partial charge in [0.2, 0.25) is 10.0 Å². The van der Waals surface area contributed by atoms with Crippen LogP contribution in [0, 0.1) is 13.8 Å². The minimum atomic E-state index is -3.60. The average molecular weight is 335 g/mol. The monoisotopic (exact) mass is 335 g/mol. The third kappa shape index (κ3) is 4.03. The summed E-state index contributed by atoms with van der Waals surface area (Å²) in [5.74, 6) is 1.25. The first-order valence-corrected chi connectivity index (χ1v) is 8.63. The summed E-state index contributed by atoms with van der Waals surface area (Å²) in [7, 11) is -0.495. The van der Waals surface area contributed by atoms with Crippen LogP contribution in [0.15, 0.2) is 41.3 Å². The van der Waals surface area contributed by atoms with Gasteiger partial charge < -0.3 is 9.47 Å². The van der Waals surface area contributed by atoms with Crippen LogP contribution >= 0.6 is 0 Å². The SMILES string of the molecule is COc1ccc(OC)c(CNS(=O)(=O)c2cc(C)ccc2C)c1. The molecule has 6 heteroatoms. The summed E-state index contributed by atoms with van der Waals surface area (Å²) in [4.78, 5) is 0.291. The van der Waals surface area contributed by atoms with Crippen LogP contribution < -0.4 is 14.2 Å². The Labute approximate surface area is 137 Å². The van der Waals surface area contributed by atoms with Gasteiger partial charge in [0.1, 0.15) is 11.5 Å². The Morgan fingerprint density at radius 1 is 1.00 bits per heavy atom. The first-order chi connectivity index (χ1) is 10.9. The Morgan fingerprint density at radius 2 is 1.74 bits per heavy atom. The van der Waals surface area contributed by atoms with Gasteiger partial charge >= 0.3 is 0 Å². The Bertz CT molecular complexity index is 800. The van der Waals surface area contributed by atoms with E-state index in [-0.39, 0.29) is 6.54 Å². The lowest BCUT2D eigenvalue weighted by molar-refractivity contribution is 0.398. The van der Waals surface area contributed by atoms with Crippen molar-refractivity contribution in [3.05, 3.63) is 53.1 Å². The first kappa shape index (κ1) is 17.3. The molecular weight excluding hydrogens is 314 g/mol. The molecule has 0 bridgehead atoms. The molecule has 0 aliphatic rings. The van der Waals surface area contributed by atoms with E-state index in [2.05, 4.69) is 4.72 Å². The van der Waals surface area contributed by atoms with E-state index in [1.165, 1.54) is 0 Å². The minimum absolute atomic E-state index is 0.121. The predicted molar refractivity (Wildman–Crippen MR) is 89.5 cm³/mol. The molecule has 0 heterocycles. The fourth-order valence-electron chi connectivity index (χ4n) is 2.27. The molecule has 124 valence electrons. The lowest BCUT2D eigenvalue weighted by atomic mass is 10.2. The molecule has 0 spiro atoms. The molecule has 0 fully saturated rings. The van der Waals surface area contributed by atoms with E-state index in [1.807, 2.05) is 13.0 Å². The van der Waals surface area contributed by atoms with Gasteiger partial charge in [-0.25, -0.2) is 13.1 Å². The Kier molecular flexibility index (Phi) is 5.28. The van der Waals surface area contributed by atoms with Gasteiger partial charge in [-0.2, -0.15) is 0 Å². The van der Waals surface area contributed by atoms with Gasteiger partial charge in [0.15, 0.2) is 0 Å². The highest BCUT2D eigenvalue weighted by atomic mass is 32.2. The second kappa shape index (κ2) is 7.02. The maximum Gasteiger partial charge on any atom is 0.241 e. The molecule has 0 aliphatic carbocycles. The molecule has 0 saturated carbocycles. The zero-order valence-corrected chi connectivity index (χ0v) is 14.5. The molecule has 1 N–H and O–H groups in total. The molecular formula is C17H21NO4S. The number of methoxy groups -OCH3 is 2. The Balaban J connectivity index is 2.27. The second-order valence-electron chi connectivity index (χ2n) is 5.27. The number of benzene rings is 2. The quantitative estimate of drug-likeness (QED) is 0.882. The van der Waals surface area contributed by atoms with Crippen LogP contribution in [0.1, 0.15) is 16.7 Å². The van der Waals surface area contributed by atoms with Gasteiger partial charge in [0, 0.05) is 12.1 Å². The zero-order chi connectivity index (χ0) is 17.0. The number of rotatable bonds is 6. The third-order valence-corrected chi connectivity index (χ3v) is 5.12. The van der Waals surface area contributed by atoms with E-state index >= 15 is 0 Å². The molecule has 0 amide bonds. The van der Waals surface area contributed by atoms with Gasteiger partial charge in [-0.3, -0.25) is 0 Å². The van der Waals surface area contributed by atoms with E-state index in [1.54, 1.807) is 51.5 Å². The van der Waals surface area contributed by atoms with Crippen LogP contribution in [-0.2, 0) is 16.6 Å². The summed E-state index contributed by atoms with van der Waals surface area (Å²) in [6.07, 6.45) is 0. The molecule has 0 unspecified atom stereocenters. The standard InChI is InChI=1S/C17H21NO4S/c1-12-5-6-13(2)17(9-12)23(19,20)18-11-14-10-15(21-3)7-8-16(14)22-4/h5-10,18H,11H2,1-4H3. The highest BCUT2D eigenvalue weighted by molar-refractivity contribution is 7.89. The van der Waals surface area contributed by atoms with Gasteiger partial charge in [-0.1, -0.05) is 12.1 Å². The van der Waals surface area contributed by atoms with Crippen molar-refractivity contribution in [3.8, 4) is 11.5 Å². The van der Waals surface area contributed by atoms with Crippen LogP contribution in [0.25, 0.3) is 0 Å². The summed E-state index contributed by atoms with van der Waals surface area (Å²) >= 11 is 0. The van der Waals surface area contributed by atoms with Crippen LogP contribution in [-0.4, -0.2) is 22.6 Å². The van der Waals surface area contributed by atoms with Crippen molar-refractivity contribution < 1.29 is 17.9 Å². The number of aryl methyl sites for hydroxylation is 2. The van der Waals surface area contributed by atoms with E-state index < -0.39 is 10.0 Å². The van der Waals surface area contributed by atoms with E-state index in [9.17, 15) is 8.42 Å². The van der Waals surface area contributed by atoms with Crippen LogP contribution in [0.4, 0.5) is 0 Å². The van der Waals surface area contributed by atoms with Crippen LogP contribution in [0.5, 0.6) is 11.5 Å². The van der Waals surface area contributed by atoms with Crippen molar-refractivity contribution in [2.75, 3.05) is 14.2 Å². The first-order valence-electron chi connectivity index (χ1n) is 7.15. The minimum Gasteiger partial charge on any atom is -0.497 e. The Hall–Kier alpha value is -2.05. The molecule has 0 atom stereocenters. The molecule has 5 nitrogen and oxygen atoms in total. The van der Waals surface area contributed by atoms with Gasteiger partial charge in [-0.15, -0.1) is 0 Å². The van der Waals surface area contributed by atoms with Gasteiger partial charge in [0.25, 0.3) is 0 Å². The molecule has 2 aromatic rings. The summed E-state index contributed by atoms with van der Waals surface area (Å²) in [5, 5.41) is 0. The average Bonchev–Trinajstić information content (AvgIpc) is 2.54. The molecule has 23 heavy (non-hydrogen) atoms. The predicted octanol–water partition coefficient (Wildman–Crippen LogP) is 2.80. The summed E-state index contributed by atoms with van der Waals surface area (Å²) in [6.45, 7) is 3.76. The van der Waals surface area contributed by atoms with Crippen molar-refractivity contribution >= 4 is 10.0 Å². The largest absolute Gasteiger partial charge is 0.497 e. The number of hydrogen-bond acceptors (Lipinski definition) is 4. The van der Waals surface area contributed by atoms with E-state index in [0.29, 0.717) is 27.5 Å². The molecule has 2 aromatic carbocycles. The van der Waals surface area contributed by atoms with Crippen molar-refractivity contribution in [2.24, 2.45) is 0 Å². The number of nitrogens with one attached hydrogen (secondary N) is 1. The molecule has 0 aromatic heterocycles. The topological polar surface area (TPSA) is 64.6 Å². The molecule has 0 radical (unpaired) electrons. The van der Waals surface area contributed by atoms with Crippen LogP contribution in [0.3, 0.4) is 0 Å². The lowest BCUT2D eigenvalue weighted by Gasteiger charge is -2.13. The highest BCUT2D eigenvalue weighted by Crippen LogP contribution is 2.24. The summed E-state index contributed by atoms with van der Waals surface area (Å²) < 4.78 is 38.2. The van der Waals surface area contributed by atoms with Crippen molar-refractivity contribution in [3.63, 3.8) is 0 Å². The molecule has 2 rings (SSSR count). The molecule has 0 saturated heterocycles. The van der Waals surface area contributed by atoms with Crippen LogP contribution in [0.2, 0.25) is 0 Å². The van der Waals surface area contributed by atoms with Gasteiger partial charge in [-0.05, 0) is 49.2 Å². The third-order valence-electron chi connectivity index (χ3n) is 3.57. The number of sulfonamides is 1. The maximum absolute atomic E-state index is 12.5. The lowest BCUT2D eigenvalue weighted by Crippen LogP contribution is -2.24. The summed E-state index contributed by atoms with van der Waals surface area (Å²) in [6, 6.07) is 10.6. The number of ether oxygens (including phenoxy) is 2. The smallest absolute Gasteiger partial charge is 0.241 e. The second-order valence-corrected chi connectivity index (χ2v) is 7.01. The Morgan fingerprint density at radius 3 is 2.39 bits per heavy atom. The van der Waals surface area contributed by atoms with Gasteiger partial charge in [0.05, 0.1) is 19.1 Å². The zero-order valence-electron chi connectivity index (χ0n) is 13.7. The summed E-state index contributed by atoms with van der Waals surface area (Å²) in [5.41, 5.74) is 2.32. The van der Waals surface area contributed by atoms with E-state index in [4.69, 9.17) is 9.47 Å². The molecule has 0 aliphatic heterocycles. The van der Waals surface area contributed by atoms with E-state index in [0.717, 1.165) is 5.56 Å². The fourth-order valence-corrected chi connectivity index (χ4v) is 3.60. The fraction of sp³-hybridized carbons (Fsp3) is 0.294. The van der Waals surface area contributed by atoms with Crippen molar-refractivity contribution in [2.45, 2.75) is 25.3 Å². The van der Waals surface area contributed by atoms with Crippen molar-refractivity contribution in [1.29, 1.82) is 0 Å². The highest BCUT2D eigenvalue weighted by Gasteiger charge is 2.17. The normalized spacial score (nSPS) is 11.3.